The molecular weight excluding hydrogens is 312 g/mol. The predicted octanol–water partition coefficient (Wildman–Crippen LogP) is 3.81. The van der Waals surface area contributed by atoms with Crippen molar-refractivity contribution in [3.63, 3.8) is 0 Å². The van der Waals surface area contributed by atoms with Crippen molar-refractivity contribution in [3.8, 4) is 0 Å². The van der Waals surface area contributed by atoms with E-state index in [4.69, 9.17) is 9.47 Å². The van der Waals surface area contributed by atoms with Gasteiger partial charge in [0.05, 0.1) is 22.4 Å². The van der Waals surface area contributed by atoms with Crippen molar-refractivity contribution in [1.29, 1.82) is 0 Å². The van der Waals surface area contributed by atoms with Crippen molar-refractivity contribution in [2.24, 2.45) is 5.41 Å². The van der Waals surface area contributed by atoms with E-state index in [-0.39, 0.29) is 17.3 Å². The zero-order chi connectivity index (χ0) is 17.5. The molecule has 4 nitrogen and oxygen atoms in total. The molecule has 0 aliphatic carbocycles. The van der Waals surface area contributed by atoms with Crippen LogP contribution in [0.2, 0.25) is 0 Å². The van der Waals surface area contributed by atoms with Crippen molar-refractivity contribution >= 4 is 9.84 Å². The SMILES string of the molecule is CC1(C)O[C@H](C(C)(C)C)[C@](C)(CCS(=O)(=O)c2ccccc2)O1. The lowest BCUT2D eigenvalue weighted by Crippen LogP contribution is -2.45. The van der Waals surface area contributed by atoms with Crippen molar-refractivity contribution in [2.75, 3.05) is 5.75 Å². The van der Waals surface area contributed by atoms with Gasteiger partial charge in [-0.05, 0) is 44.7 Å². The molecule has 0 saturated carbocycles. The van der Waals surface area contributed by atoms with E-state index in [2.05, 4.69) is 20.8 Å². The minimum Gasteiger partial charge on any atom is -0.344 e. The van der Waals surface area contributed by atoms with Gasteiger partial charge >= 0.3 is 0 Å². The molecule has 1 aliphatic heterocycles. The summed E-state index contributed by atoms with van der Waals surface area (Å²) in [5.41, 5.74) is -0.775. The van der Waals surface area contributed by atoms with Gasteiger partial charge in [0.1, 0.15) is 0 Å². The predicted molar refractivity (Wildman–Crippen MR) is 91.0 cm³/mol. The van der Waals surface area contributed by atoms with Gasteiger partial charge in [-0.1, -0.05) is 39.0 Å². The average Bonchev–Trinajstić information content (AvgIpc) is 2.68. The van der Waals surface area contributed by atoms with Gasteiger partial charge in [0, 0.05) is 0 Å². The molecule has 1 fully saturated rings. The molecule has 5 heteroatoms. The molecule has 2 atom stereocenters. The molecule has 0 unspecified atom stereocenters. The Labute approximate surface area is 140 Å². The average molecular weight is 340 g/mol. The highest BCUT2D eigenvalue weighted by Gasteiger charge is 2.54. The van der Waals surface area contributed by atoms with E-state index in [1.54, 1.807) is 24.3 Å². The first-order valence-electron chi connectivity index (χ1n) is 8.02. The Morgan fingerprint density at radius 2 is 1.65 bits per heavy atom. The highest BCUT2D eigenvalue weighted by molar-refractivity contribution is 7.91. The summed E-state index contributed by atoms with van der Waals surface area (Å²) in [4.78, 5) is 0.356. The van der Waals surface area contributed by atoms with Gasteiger partial charge in [-0.3, -0.25) is 0 Å². The normalized spacial score (nSPS) is 28.0. The first-order valence-corrected chi connectivity index (χ1v) is 9.67. The Bertz CT molecular complexity index is 643. The summed E-state index contributed by atoms with van der Waals surface area (Å²) in [6.45, 7) is 12.0. The fourth-order valence-corrected chi connectivity index (χ4v) is 4.89. The summed E-state index contributed by atoms with van der Waals surface area (Å²) in [6.07, 6.45) is 0.228. The van der Waals surface area contributed by atoms with E-state index in [9.17, 15) is 8.42 Å². The molecule has 0 aromatic heterocycles. The minimum absolute atomic E-state index is 0.0412. The van der Waals surface area contributed by atoms with Crippen LogP contribution in [0.25, 0.3) is 0 Å². The van der Waals surface area contributed by atoms with Crippen LogP contribution >= 0.6 is 0 Å². The fourth-order valence-electron chi connectivity index (χ4n) is 3.41. The van der Waals surface area contributed by atoms with E-state index in [0.717, 1.165) is 0 Å². The van der Waals surface area contributed by atoms with Crippen LogP contribution in [0.3, 0.4) is 0 Å². The number of benzene rings is 1. The van der Waals surface area contributed by atoms with Crippen LogP contribution in [-0.2, 0) is 19.3 Å². The highest BCUT2D eigenvalue weighted by Crippen LogP contribution is 2.46. The number of hydrogen-bond acceptors (Lipinski definition) is 4. The second kappa shape index (κ2) is 5.87. The molecule has 23 heavy (non-hydrogen) atoms. The standard InChI is InChI=1S/C18H28O4S/c1-16(2,3)15-18(6,22-17(4,5)21-15)12-13-23(19,20)14-10-8-7-9-11-14/h7-11,15H,12-13H2,1-6H3/t15-,18+/m1/s1. The third-order valence-electron chi connectivity index (χ3n) is 4.19. The molecule has 0 N–H and O–H groups in total. The minimum atomic E-state index is -3.33. The summed E-state index contributed by atoms with van der Waals surface area (Å²) in [7, 11) is -3.33. The third-order valence-corrected chi connectivity index (χ3v) is 5.92. The number of rotatable bonds is 4. The van der Waals surface area contributed by atoms with Crippen LogP contribution in [0.1, 0.15) is 48.0 Å². The van der Waals surface area contributed by atoms with Crippen molar-refractivity contribution in [1.82, 2.24) is 0 Å². The molecule has 1 aliphatic rings. The first kappa shape index (κ1) is 18.4. The lowest BCUT2D eigenvalue weighted by molar-refractivity contribution is -0.164. The molecule has 2 rings (SSSR count). The maximum Gasteiger partial charge on any atom is 0.178 e. The van der Waals surface area contributed by atoms with Gasteiger partial charge in [0.15, 0.2) is 15.6 Å². The monoisotopic (exact) mass is 340 g/mol. The van der Waals surface area contributed by atoms with E-state index in [1.165, 1.54) is 0 Å². The Kier molecular flexibility index (Phi) is 4.70. The summed E-state index contributed by atoms with van der Waals surface area (Å²) in [5.74, 6) is -0.664. The van der Waals surface area contributed by atoms with Crippen LogP contribution in [-0.4, -0.2) is 31.7 Å². The maximum atomic E-state index is 12.6. The van der Waals surface area contributed by atoms with Crippen LogP contribution in [0, 0.1) is 5.41 Å². The van der Waals surface area contributed by atoms with Crippen LogP contribution in [0.5, 0.6) is 0 Å². The zero-order valence-electron chi connectivity index (χ0n) is 14.9. The Morgan fingerprint density at radius 3 is 2.17 bits per heavy atom. The van der Waals surface area contributed by atoms with Crippen molar-refractivity contribution in [2.45, 2.75) is 70.4 Å². The summed E-state index contributed by atoms with van der Waals surface area (Å²) in [6, 6.07) is 8.56. The van der Waals surface area contributed by atoms with E-state index in [0.29, 0.717) is 11.3 Å². The highest BCUT2D eigenvalue weighted by atomic mass is 32.2. The Morgan fingerprint density at radius 1 is 1.09 bits per heavy atom. The fraction of sp³-hybridized carbons (Fsp3) is 0.667. The molecule has 1 aromatic rings. The van der Waals surface area contributed by atoms with E-state index >= 15 is 0 Å². The molecule has 0 bridgehead atoms. The zero-order valence-corrected chi connectivity index (χ0v) is 15.7. The second-order valence-electron chi connectivity index (χ2n) is 8.06. The maximum absolute atomic E-state index is 12.6. The lowest BCUT2D eigenvalue weighted by Gasteiger charge is -2.36. The lowest BCUT2D eigenvalue weighted by atomic mass is 9.78. The number of ether oxygens (including phenoxy) is 2. The van der Waals surface area contributed by atoms with Crippen LogP contribution < -0.4 is 0 Å². The molecule has 130 valence electrons. The molecule has 0 spiro atoms. The topological polar surface area (TPSA) is 52.6 Å². The second-order valence-corrected chi connectivity index (χ2v) is 10.2. The summed E-state index contributed by atoms with van der Waals surface area (Å²) in [5, 5.41) is 0. The van der Waals surface area contributed by atoms with Gasteiger partial charge in [-0.25, -0.2) is 8.42 Å². The number of hydrogen-bond donors (Lipinski definition) is 0. The smallest absolute Gasteiger partial charge is 0.178 e. The van der Waals surface area contributed by atoms with Gasteiger partial charge in [0.25, 0.3) is 0 Å². The quantitative estimate of drug-likeness (QED) is 0.836. The van der Waals surface area contributed by atoms with Gasteiger partial charge < -0.3 is 9.47 Å². The Hall–Kier alpha value is -0.910. The van der Waals surface area contributed by atoms with Crippen LogP contribution in [0.4, 0.5) is 0 Å². The molecule has 0 amide bonds. The summed E-state index contributed by atoms with van der Waals surface area (Å²) >= 11 is 0. The number of sulfone groups is 1. The molecular formula is C18H28O4S. The summed E-state index contributed by atoms with van der Waals surface area (Å²) < 4.78 is 37.3. The molecule has 1 saturated heterocycles. The van der Waals surface area contributed by atoms with Crippen molar-refractivity contribution < 1.29 is 17.9 Å². The molecule has 1 aromatic carbocycles. The van der Waals surface area contributed by atoms with Gasteiger partial charge in [-0.15, -0.1) is 0 Å². The molecule has 1 heterocycles. The van der Waals surface area contributed by atoms with Gasteiger partial charge in [0.2, 0.25) is 0 Å². The first-order chi connectivity index (χ1) is 10.4. The van der Waals surface area contributed by atoms with E-state index < -0.39 is 21.2 Å². The Balaban J connectivity index is 2.21. The van der Waals surface area contributed by atoms with Crippen molar-refractivity contribution in [3.05, 3.63) is 30.3 Å². The van der Waals surface area contributed by atoms with Gasteiger partial charge in [-0.2, -0.15) is 0 Å². The molecule has 0 radical (unpaired) electrons. The van der Waals surface area contributed by atoms with Crippen LogP contribution in [0.15, 0.2) is 35.2 Å². The third kappa shape index (κ3) is 4.14. The largest absolute Gasteiger partial charge is 0.344 e. The van der Waals surface area contributed by atoms with E-state index in [1.807, 2.05) is 26.8 Å².